The third kappa shape index (κ3) is 6.99. The molecule has 0 spiro atoms. The number of halogens is 1. The highest BCUT2D eigenvalue weighted by atomic mass is 19.1. The van der Waals surface area contributed by atoms with Gasteiger partial charge in [0.1, 0.15) is 5.82 Å². The van der Waals surface area contributed by atoms with Gasteiger partial charge in [0.15, 0.2) is 5.96 Å². The molecule has 0 bridgehead atoms. The fourth-order valence-electron chi connectivity index (χ4n) is 4.23. The van der Waals surface area contributed by atoms with Crippen molar-refractivity contribution >= 4 is 11.9 Å². The van der Waals surface area contributed by atoms with Crippen LogP contribution in [0.3, 0.4) is 0 Å². The molecule has 1 saturated carbocycles. The zero-order valence-electron chi connectivity index (χ0n) is 17.4. The number of likely N-dealkylation sites (tertiary alicyclic amines) is 1. The Labute approximate surface area is 173 Å². The minimum absolute atomic E-state index is 0.0761. The quantitative estimate of drug-likeness (QED) is 0.353. The van der Waals surface area contributed by atoms with Gasteiger partial charge in [0.2, 0.25) is 5.91 Å². The fourth-order valence-corrected chi connectivity index (χ4v) is 4.23. The van der Waals surface area contributed by atoms with Crippen molar-refractivity contribution < 1.29 is 9.18 Å². The topological polar surface area (TPSA) is 68.8 Å². The highest BCUT2D eigenvalue weighted by Crippen LogP contribution is 2.26. The van der Waals surface area contributed by atoms with Gasteiger partial charge in [-0.05, 0) is 43.9 Å². The molecule has 29 heavy (non-hydrogen) atoms. The summed E-state index contributed by atoms with van der Waals surface area (Å²) in [6, 6.07) is 7.23. The lowest BCUT2D eigenvalue weighted by Crippen LogP contribution is -2.45. The summed E-state index contributed by atoms with van der Waals surface area (Å²) in [7, 11) is 0. The van der Waals surface area contributed by atoms with Crippen LogP contribution >= 0.6 is 0 Å². The molecule has 1 atom stereocenters. The van der Waals surface area contributed by atoms with Crippen molar-refractivity contribution in [2.24, 2.45) is 4.99 Å². The van der Waals surface area contributed by atoms with Crippen LogP contribution in [0.25, 0.3) is 0 Å². The van der Waals surface area contributed by atoms with Gasteiger partial charge in [0.25, 0.3) is 0 Å². The second-order valence-electron chi connectivity index (χ2n) is 7.98. The van der Waals surface area contributed by atoms with Crippen molar-refractivity contribution in [1.82, 2.24) is 20.9 Å². The highest BCUT2D eigenvalue weighted by molar-refractivity contribution is 5.80. The first-order chi connectivity index (χ1) is 14.1. The molecule has 1 unspecified atom stereocenters. The third-order valence-corrected chi connectivity index (χ3v) is 5.73. The van der Waals surface area contributed by atoms with Crippen LogP contribution in [0.1, 0.15) is 44.6 Å². The molecule has 0 radical (unpaired) electrons. The Balaban J connectivity index is 1.38. The minimum atomic E-state index is -0.291. The Morgan fingerprint density at radius 2 is 1.93 bits per heavy atom. The Bertz CT molecular complexity index is 672. The number of aliphatic imine (C=N–C) groups is 1. The number of guanidine groups is 1. The summed E-state index contributed by atoms with van der Waals surface area (Å²) < 4.78 is 12.9. The average Bonchev–Trinajstić information content (AvgIpc) is 3.39. The van der Waals surface area contributed by atoms with E-state index in [2.05, 4.69) is 32.8 Å². The predicted molar refractivity (Wildman–Crippen MR) is 114 cm³/mol. The van der Waals surface area contributed by atoms with Crippen LogP contribution in [0.4, 0.5) is 4.39 Å². The lowest BCUT2D eigenvalue weighted by atomic mass is 10.1. The summed E-state index contributed by atoms with van der Waals surface area (Å²) in [5.41, 5.74) is 0.801. The van der Waals surface area contributed by atoms with E-state index in [1.165, 1.54) is 44.4 Å². The largest absolute Gasteiger partial charge is 0.357 e. The van der Waals surface area contributed by atoms with Gasteiger partial charge >= 0.3 is 0 Å². The Morgan fingerprint density at radius 3 is 2.66 bits per heavy atom. The number of carbonyl (C=O) groups excluding carboxylic acids is 1. The van der Waals surface area contributed by atoms with Crippen LogP contribution in [0.15, 0.2) is 29.3 Å². The summed E-state index contributed by atoms with van der Waals surface area (Å²) in [5, 5.41) is 9.73. The van der Waals surface area contributed by atoms with Gasteiger partial charge < -0.3 is 16.0 Å². The molecular formula is C22H34FN5O. The Hall–Kier alpha value is -2.15. The second kappa shape index (κ2) is 11.1. The van der Waals surface area contributed by atoms with Gasteiger partial charge in [-0.1, -0.05) is 25.0 Å². The second-order valence-corrected chi connectivity index (χ2v) is 7.98. The van der Waals surface area contributed by atoms with E-state index in [1.54, 1.807) is 12.1 Å². The molecule has 1 aliphatic carbocycles. The molecule has 1 heterocycles. The van der Waals surface area contributed by atoms with E-state index in [-0.39, 0.29) is 18.1 Å². The first-order valence-electron chi connectivity index (χ1n) is 10.9. The molecule has 6 nitrogen and oxygen atoms in total. The van der Waals surface area contributed by atoms with Crippen LogP contribution in [-0.2, 0) is 11.2 Å². The van der Waals surface area contributed by atoms with Crippen LogP contribution < -0.4 is 16.0 Å². The zero-order chi connectivity index (χ0) is 20.5. The number of carbonyl (C=O) groups is 1. The van der Waals surface area contributed by atoms with Crippen LogP contribution in [0.5, 0.6) is 0 Å². The summed E-state index contributed by atoms with van der Waals surface area (Å²) >= 11 is 0. The number of hydrogen-bond acceptors (Lipinski definition) is 3. The van der Waals surface area contributed by atoms with E-state index in [1.807, 2.05) is 0 Å². The fraction of sp³-hybridized carbons (Fsp3) is 0.636. The molecule has 3 N–H and O–H groups in total. The smallest absolute Gasteiger partial charge is 0.224 e. The lowest BCUT2D eigenvalue weighted by Gasteiger charge is -2.24. The van der Waals surface area contributed by atoms with Crippen LogP contribution in [-0.4, -0.2) is 61.6 Å². The first kappa shape index (κ1) is 21.6. The van der Waals surface area contributed by atoms with Gasteiger partial charge in [-0.25, -0.2) is 4.39 Å². The molecular weight excluding hydrogens is 369 g/mol. The van der Waals surface area contributed by atoms with E-state index >= 15 is 0 Å². The van der Waals surface area contributed by atoms with Crippen molar-refractivity contribution in [3.63, 3.8) is 0 Å². The average molecular weight is 404 g/mol. The summed E-state index contributed by atoms with van der Waals surface area (Å²) in [6.07, 6.45) is 6.83. The number of nitrogens with one attached hydrogen (secondary N) is 3. The van der Waals surface area contributed by atoms with Crippen molar-refractivity contribution in [3.05, 3.63) is 35.6 Å². The van der Waals surface area contributed by atoms with E-state index in [9.17, 15) is 9.18 Å². The normalized spacial score (nSPS) is 20.8. The van der Waals surface area contributed by atoms with Crippen molar-refractivity contribution in [3.8, 4) is 0 Å². The SMILES string of the molecule is CCNC(=NCCNC(=O)Cc1ccc(F)cc1)NC1CCN(C2CCCC2)C1. The molecule has 1 aromatic carbocycles. The maximum absolute atomic E-state index is 12.9. The predicted octanol–water partition coefficient (Wildman–Crippen LogP) is 2.06. The molecule has 2 aliphatic rings. The summed E-state index contributed by atoms with van der Waals surface area (Å²) in [4.78, 5) is 19.2. The molecule has 2 fully saturated rings. The van der Waals surface area contributed by atoms with Crippen molar-refractivity contribution in [1.29, 1.82) is 0 Å². The maximum Gasteiger partial charge on any atom is 0.224 e. The number of nitrogens with zero attached hydrogens (tertiary/aromatic N) is 2. The number of amides is 1. The molecule has 0 aromatic heterocycles. The number of hydrogen-bond donors (Lipinski definition) is 3. The summed E-state index contributed by atoms with van der Waals surface area (Å²) in [6.45, 7) is 6.12. The van der Waals surface area contributed by atoms with E-state index in [0.29, 0.717) is 19.1 Å². The standard InChI is InChI=1S/C22H34FN5O/c1-2-24-22(27-19-11-14-28(16-19)20-5-3-4-6-20)26-13-12-25-21(29)15-17-7-9-18(23)10-8-17/h7-10,19-20H,2-6,11-16H2,1H3,(H,25,29)(H2,24,26,27). The van der Waals surface area contributed by atoms with Gasteiger partial charge in [0.05, 0.1) is 13.0 Å². The van der Waals surface area contributed by atoms with Gasteiger partial charge in [0, 0.05) is 38.3 Å². The molecule has 1 aliphatic heterocycles. The first-order valence-corrected chi connectivity index (χ1v) is 10.9. The van der Waals surface area contributed by atoms with Crippen molar-refractivity contribution in [2.45, 2.75) is 57.5 Å². The van der Waals surface area contributed by atoms with E-state index < -0.39 is 0 Å². The molecule has 1 aromatic rings. The van der Waals surface area contributed by atoms with E-state index in [4.69, 9.17) is 0 Å². The molecule has 1 amide bonds. The maximum atomic E-state index is 12.9. The zero-order valence-corrected chi connectivity index (χ0v) is 17.4. The summed E-state index contributed by atoms with van der Waals surface area (Å²) in [5.74, 6) is 0.451. The molecule has 3 rings (SSSR count). The number of benzene rings is 1. The number of rotatable bonds is 8. The van der Waals surface area contributed by atoms with Gasteiger partial charge in [-0.15, -0.1) is 0 Å². The Kier molecular flexibility index (Phi) is 8.28. The third-order valence-electron chi connectivity index (χ3n) is 5.73. The monoisotopic (exact) mass is 403 g/mol. The van der Waals surface area contributed by atoms with Gasteiger partial charge in [-0.3, -0.25) is 14.7 Å². The molecule has 7 heteroatoms. The van der Waals surface area contributed by atoms with E-state index in [0.717, 1.165) is 37.1 Å². The lowest BCUT2D eigenvalue weighted by molar-refractivity contribution is -0.120. The molecule has 1 saturated heterocycles. The van der Waals surface area contributed by atoms with Gasteiger partial charge in [-0.2, -0.15) is 0 Å². The highest BCUT2D eigenvalue weighted by Gasteiger charge is 2.30. The van der Waals surface area contributed by atoms with Crippen molar-refractivity contribution in [2.75, 3.05) is 32.7 Å². The van der Waals surface area contributed by atoms with Crippen LogP contribution in [0, 0.1) is 5.82 Å². The molecule has 160 valence electrons. The minimum Gasteiger partial charge on any atom is -0.357 e. The van der Waals surface area contributed by atoms with Crippen LogP contribution in [0.2, 0.25) is 0 Å². The Morgan fingerprint density at radius 1 is 1.17 bits per heavy atom.